The minimum Gasteiger partial charge on any atom is -0.384 e. The molecular formula is C13H22F3O2Si. The highest BCUT2D eigenvalue weighted by molar-refractivity contribution is 6.47. The fraction of sp³-hybridized carbons (Fsp3) is 1.00. The van der Waals surface area contributed by atoms with Gasteiger partial charge in [0.15, 0.2) is 0 Å². The fourth-order valence-corrected chi connectivity index (χ4v) is 4.23. The zero-order valence-corrected chi connectivity index (χ0v) is 12.2. The number of hydrogen-bond donors (Lipinski definition) is 0. The third kappa shape index (κ3) is 5.08. The van der Waals surface area contributed by atoms with E-state index in [0.717, 1.165) is 64.2 Å². The van der Waals surface area contributed by atoms with E-state index in [4.69, 9.17) is 8.85 Å². The molecule has 0 aromatic rings. The maximum absolute atomic E-state index is 13.0. The molecule has 0 aromatic carbocycles. The van der Waals surface area contributed by atoms with Crippen molar-refractivity contribution >= 4 is 9.28 Å². The van der Waals surface area contributed by atoms with Gasteiger partial charge >= 0.3 is 15.1 Å². The van der Waals surface area contributed by atoms with Gasteiger partial charge in [-0.25, -0.2) is 0 Å². The van der Waals surface area contributed by atoms with Gasteiger partial charge in [0.1, 0.15) is 0 Å². The molecule has 1 radical (unpaired) electrons. The minimum atomic E-state index is -4.32. The lowest BCUT2D eigenvalue weighted by atomic mass is 9.98. The molecule has 2 fully saturated rings. The molecule has 2 nitrogen and oxygen atoms in total. The molecule has 0 saturated heterocycles. The van der Waals surface area contributed by atoms with E-state index in [1.807, 2.05) is 0 Å². The van der Waals surface area contributed by atoms with Gasteiger partial charge in [-0.1, -0.05) is 38.5 Å². The van der Waals surface area contributed by atoms with Crippen LogP contribution in [0.1, 0.15) is 64.2 Å². The molecule has 2 saturated carbocycles. The van der Waals surface area contributed by atoms with Gasteiger partial charge in [0.25, 0.3) is 0 Å². The zero-order chi connectivity index (χ0) is 13.7. The van der Waals surface area contributed by atoms with Gasteiger partial charge < -0.3 is 8.85 Å². The second kappa shape index (κ2) is 7.08. The molecule has 0 heterocycles. The maximum atomic E-state index is 13.0. The summed E-state index contributed by atoms with van der Waals surface area (Å²) in [6, 6.07) is 0. The van der Waals surface area contributed by atoms with E-state index in [1.54, 1.807) is 0 Å². The molecule has 0 spiro atoms. The smallest absolute Gasteiger partial charge is 0.384 e. The van der Waals surface area contributed by atoms with Crippen LogP contribution in [0, 0.1) is 0 Å². The van der Waals surface area contributed by atoms with Crippen molar-refractivity contribution in [3.8, 4) is 0 Å². The van der Waals surface area contributed by atoms with Gasteiger partial charge in [0, 0.05) is 12.2 Å². The fourth-order valence-electron chi connectivity index (χ4n) is 2.83. The van der Waals surface area contributed by atoms with E-state index in [9.17, 15) is 13.2 Å². The number of rotatable bonds is 4. The van der Waals surface area contributed by atoms with Crippen LogP contribution in [0.3, 0.4) is 0 Å². The molecule has 6 heteroatoms. The van der Waals surface area contributed by atoms with Crippen molar-refractivity contribution in [2.24, 2.45) is 0 Å². The standard InChI is InChI=1S/C13H22F3O2Si/c14-13(15,16)19(17-11-7-3-1-4-8-11)18-12-9-5-2-6-10-12/h11-12H,1-10H2. The maximum Gasteiger partial charge on any atom is 0.512 e. The lowest BCUT2D eigenvalue weighted by Crippen LogP contribution is -2.45. The summed E-state index contributed by atoms with van der Waals surface area (Å²) in [5.41, 5.74) is 0. The lowest BCUT2D eigenvalue weighted by Gasteiger charge is -2.30. The summed E-state index contributed by atoms with van der Waals surface area (Å²) in [4.78, 5) is 0. The van der Waals surface area contributed by atoms with Gasteiger partial charge in [0.05, 0.1) is 0 Å². The first-order valence-electron chi connectivity index (χ1n) is 7.33. The zero-order valence-electron chi connectivity index (χ0n) is 11.2. The Kier molecular flexibility index (Phi) is 5.71. The summed E-state index contributed by atoms with van der Waals surface area (Å²) in [7, 11) is -3.16. The van der Waals surface area contributed by atoms with Gasteiger partial charge in [-0.3, -0.25) is 0 Å². The molecule has 19 heavy (non-hydrogen) atoms. The van der Waals surface area contributed by atoms with E-state index in [0.29, 0.717) is 0 Å². The Morgan fingerprint density at radius 2 is 1.05 bits per heavy atom. The van der Waals surface area contributed by atoms with Crippen LogP contribution < -0.4 is 0 Å². The van der Waals surface area contributed by atoms with Crippen molar-refractivity contribution in [3.05, 3.63) is 0 Å². The second-order valence-electron chi connectivity index (χ2n) is 5.54. The Morgan fingerprint density at radius 1 is 0.684 bits per heavy atom. The minimum absolute atomic E-state index is 0.243. The number of halogens is 3. The van der Waals surface area contributed by atoms with Crippen LogP contribution in [-0.2, 0) is 8.85 Å². The van der Waals surface area contributed by atoms with Crippen molar-refractivity contribution in [1.82, 2.24) is 0 Å². The summed E-state index contributed by atoms with van der Waals surface area (Å²) in [6.45, 7) is 0. The molecule has 0 bridgehead atoms. The highest BCUT2D eigenvalue weighted by Gasteiger charge is 2.50. The Labute approximate surface area is 114 Å². The van der Waals surface area contributed by atoms with E-state index < -0.39 is 15.1 Å². The molecule has 111 valence electrons. The summed E-state index contributed by atoms with van der Waals surface area (Å²) < 4.78 is 49.7. The third-order valence-corrected chi connectivity index (χ3v) is 5.44. The third-order valence-electron chi connectivity index (χ3n) is 3.88. The van der Waals surface area contributed by atoms with Gasteiger partial charge in [0.2, 0.25) is 0 Å². The first-order chi connectivity index (χ1) is 9.05. The predicted octanol–water partition coefficient (Wildman–Crippen LogP) is 4.27. The summed E-state index contributed by atoms with van der Waals surface area (Å²) >= 11 is 0. The molecule has 0 unspecified atom stereocenters. The van der Waals surface area contributed by atoms with Gasteiger partial charge in [-0.2, -0.15) is 13.2 Å². The quantitative estimate of drug-likeness (QED) is 0.721. The van der Waals surface area contributed by atoms with Crippen LogP contribution >= 0.6 is 0 Å². The molecule has 0 N–H and O–H groups in total. The van der Waals surface area contributed by atoms with E-state index in [1.165, 1.54) is 0 Å². The highest BCUT2D eigenvalue weighted by Crippen LogP contribution is 2.30. The molecule has 2 aliphatic rings. The molecular weight excluding hydrogens is 273 g/mol. The Hall–Kier alpha value is -0.0731. The molecule has 0 atom stereocenters. The van der Waals surface area contributed by atoms with Crippen LogP contribution in [-0.4, -0.2) is 27.3 Å². The van der Waals surface area contributed by atoms with Crippen molar-refractivity contribution in [2.75, 3.05) is 0 Å². The molecule has 0 aromatic heterocycles. The summed E-state index contributed by atoms with van der Waals surface area (Å²) in [6.07, 6.45) is 8.62. The van der Waals surface area contributed by atoms with Crippen molar-refractivity contribution in [1.29, 1.82) is 0 Å². The largest absolute Gasteiger partial charge is 0.512 e. The summed E-state index contributed by atoms with van der Waals surface area (Å²) in [5.74, 6) is -4.32. The number of hydrogen-bond acceptors (Lipinski definition) is 2. The van der Waals surface area contributed by atoms with Gasteiger partial charge in [-0.15, -0.1) is 0 Å². The van der Waals surface area contributed by atoms with Crippen molar-refractivity contribution < 1.29 is 22.0 Å². The number of alkyl halides is 3. The Bertz CT molecular complexity index is 241. The van der Waals surface area contributed by atoms with Gasteiger partial charge in [-0.05, 0) is 25.7 Å². The SMILES string of the molecule is FC(F)(F)[Si](OC1CCCCC1)OC1CCCCC1. The van der Waals surface area contributed by atoms with E-state index >= 15 is 0 Å². The van der Waals surface area contributed by atoms with Crippen molar-refractivity contribution in [3.63, 3.8) is 0 Å². The first-order valence-corrected chi connectivity index (χ1v) is 8.65. The lowest BCUT2D eigenvalue weighted by molar-refractivity contribution is -0.102. The first kappa shape index (κ1) is 15.3. The highest BCUT2D eigenvalue weighted by atomic mass is 28.3. The monoisotopic (exact) mass is 295 g/mol. The molecule has 2 rings (SSSR count). The normalized spacial score (nSPS) is 24.0. The van der Waals surface area contributed by atoms with Crippen LogP contribution in [0.2, 0.25) is 0 Å². The van der Waals surface area contributed by atoms with E-state index in [2.05, 4.69) is 0 Å². The van der Waals surface area contributed by atoms with E-state index in [-0.39, 0.29) is 12.2 Å². The second-order valence-corrected chi connectivity index (χ2v) is 7.15. The van der Waals surface area contributed by atoms with Crippen LogP contribution in [0.5, 0.6) is 0 Å². The average molecular weight is 295 g/mol. The van der Waals surface area contributed by atoms with Crippen LogP contribution in [0.4, 0.5) is 13.2 Å². The Balaban J connectivity index is 1.87. The molecule has 0 aliphatic heterocycles. The Morgan fingerprint density at radius 3 is 1.37 bits per heavy atom. The molecule has 2 aliphatic carbocycles. The van der Waals surface area contributed by atoms with Crippen molar-refractivity contribution in [2.45, 2.75) is 82.2 Å². The topological polar surface area (TPSA) is 18.5 Å². The van der Waals surface area contributed by atoms with Crippen LogP contribution in [0.25, 0.3) is 0 Å². The summed E-state index contributed by atoms with van der Waals surface area (Å²) in [5, 5.41) is 0. The molecule has 0 amide bonds. The average Bonchev–Trinajstić information content (AvgIpc) is 2.39. The van der Waals surface area contributed by atoms with Crippen LogP contribution in [0.15, 0.2) is 0 Å². The predicted molar refractivity (Wildman–Crippen MR) is 67.7 cm³/mol.